The molecule has 0 radical (unpaired) electrons. The molecule has 1 heterocycles. The summed E-state index contributed by atoms with van der Waals surface area (Å²) in [6.45, 7) is 1.41. The average Bonchev–Trinajstić information content (AvgIpc) is 2.96. The molecule has 0 bridgehead atoms. The first kappa shape index (κ1) is 11.2. The zero-order valence-corrected chi connectivity index (χ0v) is 9.97. The van der Waals surface area contributed by atoms with Crippen LogP contribution in [0.15, 0.2) is 24.3 Å². The summed E-state index contributed by atoms with van der Waals surface area (Å²) >= 11 is 0. The molecule has 2 aliphatic rings. The van der Waals surface area contributed by atoms with E-state index in [0.29, 0.717) is 19.1 Å². The molecule has 3 rings (SSSR count). The molecule has 2 unspecified atom stereocenters. The Hall–Kier alpha value is -0.900. The van der Waals surface area contributed by atoms with Crippen LogP contribution in [0.1, 0.15) is 29.9 Å². The van der Waals surface area contributed by atoms with Crippen LogP contribution in [0, 0.1) is 0 Å². The molecule has 92 valence electrons. The summed E-state index contributed by atoms with van der Waals surface area (Å²) in [4.78, 5) is 0. The van der Waals surface area contributed by atoms with E-state index in [0.717, 1.165) is 19.3 Å². The molecule has 3 nitrogen and oxygen atoms in total. The van der Waals surface area contributed by atoms with Crippen LogP contribution in [0.3, 0.4) is 0 Å². The molecular formula is C14H19NO2. The van der Waals surface area contributed by atoms with Crippen molar-refractivity contribution in [3.05, 3.63) is 35.4 Å². The van der Waals surface area contributed by atoms with Crippen molar-refractivity contribution in [1.82, 2.24) is 0 Å². The van der Waals surface area contributed by atoms with Crippen molar-refractivity contribution in [1.29, 1.82) is 0 Å². The van der Waals surface area contributed by atoms with Crippen LogP contribution in [-0.2, 0) is 15.9 Å². The number of ether oxygens (including phenoxy) is 2. The van der Waals surface area contributed by atoms with Crippen molar-refractivity contribution in [3.8, 4) is 0 Å². The SMILES string of the molecule is NC(CC1OCCO1)C1CCc2ccccc21. The molecule has 0 amide bonds. The Bertz CT molecular complexity index is 388. The third kappa shape index (κ3) is 2.23. The van der Waals surface area contributed by atoms with Gasteiger partial charge in [-0.25, -0.2) is 0 Å². The Morgan fingerprint density at radius 2 is 2.00 bits per heavy atom. The third-order valence-electron chi connectivity index (χ3n) is 3.85. The molecule has 2 N–H and O–H groups in total. The summed E-state index contributed by atoms with van der Waals surface area (Å²) in [6, 6.07) is 8.78. The highest BCUT2D eigenvalue weighted by Crippen LogP contribution is 2.36. The monoisotopic (exact) mass is 233 g/mol. The van der Waals surface area contributed by atoms with Crippen LogP contribution < -0.4 is 5.73 Å². The van der Waals surface area contributed by atoms with E-state index >= 15 is 0 Å². The van der Waals surface area contributed by atoms with E-state index in [-0.39, 0.29) is 12.3 Å². The van der Waals surface area contributed by atoms with Crippen molar-refractivity contribution >= 4 is 0 Å². The number of nitrogens with two attached hydrogens (primary N) is 1. The van der Waals surface area contributed by atoms with Gasteiger partial charge in [0.1, 0.15) is 0 Å². The van der Waals surface area contributed by atoms with E-state index < -0.39 is 0 Å². The van der Waals surface area contributed by atoms with Crippen molar-refractivity contribution in [2.75, 3.05) is 13.2 Å². The minimum atomic E-state index is -0.0854. The van der Waals surface area contributed by atoms with Gasteiger partial charge < -0.3 is 15.2 Å². The molecule has 1 aromatic carbocycles. The lowest BCUT2D eigenvalue weighted by Crippen LogP contribution is -2.32. The summed E-state index contributed by atoms with van der Waals surface area (Å²) < 4.78 is 10.9. The average molecular weight is 233 g/mol. The fourth-order valence-electron chi connectivity index (χ4n) is 2.96. The maximum absolute atomic E-state index is 6.31. The van der Waals surface area contributed by atoms with Crippen LogP contribution in [0.2, 0.25) is 0 Å². The van der Waals surface area contributed by atoms with E-state index in [9.17, 15) is 0 Å². The van der Waals surface area contributed by atoms with E-state index in [4.69, 9.17) is 15.2 Å². The van der Waals surface area contributed by atoms with Gasteiger partial charge in [0, 0.05) is 12.5 Å². The second kappa shape index (κ2) is 4.77. The lowest BCUT2D eigenvalue weighted by Gasteiger charge is -2.22. The van der Waals surface area contributed by atoms with Gasteiger partial charge in [0.05, 0.1) is 13.2 Å². The summed E-state index contributed by atoms with van der Waals surface area (Å²) in [5.41, 5.74) is 9.20. The molecule has 1 saturated heterocycles. The van der Waals surface area contributed by atoms with Crippen LogP contribution in [0.4, 0.5) is 0 Å². The molecule has 0 saturated carbocycles. The van der Waals surface area contributed by atoms with Gasteiger partial charge in [0.15, 0.2) is 6.29 Å². The first-order valence-corrected chi connectivity index (χ1v) is 6.41. The van der Waals surface area contributed by atoms with Gasteiger partial charge in [-0.3, -0.25) is 0 Å². The van der Waals surface area contributed by atoms with Gasteiger partial charge in [-0.15, -0.1) is 0 Å². The predicted octanol–water partition coefficient (Wildman–Crippen LogP) is 1.81. The lowest BCUT2D eigenvalue weighted by atomic mass is 9.91. The highest BCUT2D eigenvalue weighted by Gasteiger charge is 2.30. The Labute approximate surface area is 102 Å². The highest BCUT2D eigenvalue weighted by molar-refractivity contribution is 5.35. The van der Waals surface area contributed by atoms with Crippen molar-refractivity contribution in [3.63, 3.8) is 0 Å². The molecule has 0 spiro atoms. The fraction of sp³-hybridized carbons (Fsp3) is 0.571. The Balaban J connectivity index is 1.68. The predicted molar refractivity (Wildman–Crippen MR) is 65.8 cm³/mol. The van der Waals surface area contributed by atoms with E-state index in [2.05, 4.69) is 24.3 Å². The highest BCUT2D eigenvalue weighted by atomic mass is 16.7. The summed E-state index contributed by atoms with van der Waals surface area (Å²) in [5.74, 6) is 0.471. The molecule has 1 aromatic rings. The Kier molecular flexibility index (Phi) is 3.14. The third-order valence-corrected chi connectivity index (χ3v) is 3.85. The van der Waals surface area contributed by atoms with Gasteiger partial charge in [-0.2, -0.15) is 0 Å². The van der Waals surface area contributed by atoms with Crippen LogP contribution in [0.25, 0.3) is 0 Å². The maximum Gasteiger partial charge on any atom is 0.159 e. The quantitative estimate of drug-likeness (QED) is 0.866. The molecule has 1 fully saturated rings. The normalized spacial score (nSPS) is 26.1. The van der Waals surface area contributed by atoms with Crippen molar-refractivity contribution < 1.29 is 9.47 Å². The number of benzene rings is 1. The van der Waals surface area contributed by atoms with Gasteiger partial charge in [0.25, 0.3) is 0 Å². The maximum atomic E-state index is 6.31. The summed E-state index contributed by atoms with van der Waals surface area (Å²) in [5, 5.41) is 0. The van der Waals surface area contributed by atoms with Gasteiger partial charge >= 0.3 is 0 Å². The molecule has 1 aliphatic carbocycles. The molecule has 2 atom stereocenters. The summed E-state index contributed by atoms with van der Waals surface area (Å²) in [6.07, 6.45) is 3.03. The zero-order valence-electron chi connectivity index (χ0n) is 9.97. The van der Waals surface area contributed by atoms with Gasteiger partial charge in [-0.05, 0) is 29.9 Å². The molecule has 17 heavy (non-hydrogen) atoms. The number of hydrogen-bond acceptors (Lipinski definition) is 3. The first-order valence-electron chi connectivity index (χ1n) is 6.41. The number of aryl methyl sites for hydroxylation is 1. The topological polar surface area (TPSA) is 44.5 Å². The Morgan fingerprint density at radius 1 is 1.24 bits per heavy atom. The minimum absolute atomic E-state index is 0.0854. The number of rotatable bonds is 3. The molecule has 1 aliphatic heterocycles. The van der Waals surface area contributed by atoms with E-state index in [1.54, 1.807) is 0 Å². The molecule has 0 aromatic heterocycles. The fourth-order valence-corrected chi connectivity index (χ4v) is 2.96. The largest absolute Gasteiger partial charge is 0.350 e. The number of fused-ring (bicyclic) bond motifs is 1. The second-order valence-corrected chi connectivity index (χ2v) is 4.91. The minimum Gasteiger partial charge on any atom is -0.350 e. The van der Waals surface area contributed by atoms with Gasteiger partial charge in [-0.1, -0.05) is 24.3 Å². The van der Waals surface area contributed by atoms with Crippen molar-refractivity contribution in [2.24, 2.45) is 5.73 Å². The summed E-state index contributed by atoms with van der Waals surface area (Å²) in [7, 11) is 0. The van der Waals surface area contributed by atoms with Gasteiger partial charge in [0.2, 0.25) is 0 Å². The lowest BCUT2D eigenvalue weighted by molar-refractivity contribution is -0.0519. The second-order valence-electron chi connectivity index (χ2n) is 4.91. The molecule has 3 heteroatoms. The van der Waals surface area contributed by atoms with Crippen LogP contribution in [0.5, 0.6) is 0 Å². The smallest absolute Gasteiger partial charge is 0.159 e. The first-order chi connectivity index (χ1) is 8.34. The van der Waals surface area contributed by atoms with E-state index in [1.165, 1.54) is 11.1 Å². The van der Waals surface area contributed by atoms with Crippen molar-refractivity contribution in [2.45, 2.75) is 37.5 Å². The van der Waals surface area contributed by atoms with Crippen LogP contribution >= 0.6 is 0 Å². The number of hydrogen-bond donors (Lipinski definition) is 1. The molecular weight excluding hydrogens is 214 g/mol. The standard InChI is InChI=1S/C14H19NO2/c15-13(9-14-16-7-8-17-14)12-6-5-10-3-1-2-4-11(10)12/h1-4,12-14H,5-9,15H2. The van der Waals surface area contributed by atoms with E-state index in [1.807, 2.05) is 0 Å². The van der Waals surface area contributed by atoms with Crippen LogP contribution in [-0.4, -0.2) is 25.5 Å². The zero-order chi connectivity index (χ0) is 11.7. The Morgan fingerprint density at radius 3 is 2.82 bits per heavy atom.